The summed E-state index contributed by atoms with van der Waals surface area (Å²) in [6, 6.07) is 9.79. The molecule has 1 N–H and O–H groups in total. The van der Waals surface area contributed by atoms with E-state index in [9.17, 15) is 9.18 Å². The summed E-state index contributed by atoms with van der Waals surface area (Å²) in [5.74, 6) is -0.516. The van der Waals surface area contributed by atoms with Crippen molar-refractivity contribution in [2.75, 3.05) is 0 Å². The van der Waals surface area contributed by atoms with E-state index >= 15 is 0 Å². The average molecular weight is 401 g/mol. The molecule has 20 heavy (non-hydrogen) atoms. The fourth-order valence-electron chi connectivity index (χ4n) is 1.69. The quantitative estimate of drug-likeness (QED) is 0.802. The van der Waals surface area contributed by atoms with Gasteiger partial charge in [0.25, 0.3) is 5.91 Å². The number of benzene rings is 2. The van der Waals surface area contributed by atoms with E-state index in [0.29, 0.717) is 11.1 Å². The minimum Gasteiger partial charge on any atom is -0.348 e. The molecule has 104 valence electrons. The highest BCUT2D eigenvalue weighted by atomic mass is 79.9. The van der Waals surface area contributed by atoms with Gasteiger partial charge in [0.15, 0.2) is 0 Å². The first-order valence-corrected chi connectivity index (χ1v) is 7.54. The van der Waals surface area contributed by atoms with Crippen LogP contribution in [0.4, 0.5) is 4.39 Å². The lowest BCUT2D eigenvalue weighted by atomic mass is 10.1. The van der Waals surface area contributed by atoms with Gasteiger partial charge in [-0.3, -0.25) is 4.79 Å². The number of nitrogens with one attached hydrogen (secondary N) is 1. The summed E-state index contributed by atoms with van der Waals surface area (Å²) in [5, 5.41) is 2.77. The summed E-state index contributed by atoms with van der Waals surface area (Å²) in [6.45, 7) is 2.22. The molecule has 0 bridgehead atoms. The Kier molecular flexibility index (Phi) is 4.94. The molecule has 0 heterocycles. The molecule has 0 radical (unpaired) electrons. The molecule has 2 aromatic rings. The largest absolute Gasteiger partial charge is 0.348 e. The predicted octanol–water partition coefficient (Wildman–Crippen LogP) is 4.59. The van der Waals surface area contributed by atoms with Crippen LogP contribution in [0.2, 0.25) is 0 Å². The molecule has 2 rings (SSSR count). The number of rotatable bonds is 3. The summed E-state index contributed by atoms with van der Waals surface area (Å²) < 4.78 is 14.8. The highest BCUT2D eigenvalue weighted by Gasteiger charge is 2.08. The van der Waals surface area contributed by atoms with E-state index in [1.165, 1.54) is 12.1 Å². The topological polar surface area (TPSA) is 29.1 Å². The number of carbonyl (C=O) groups is 1. The molecular weight excluding hydrogens is 389 g/mol. The van der Waals surface area contributed by atoms with Gasteiger partial charge in [-0.2, -0.15) is 0 Å². The first-order chi connectivity index (χ1) is 9.47. The van der Waals surface area contributed by atoms with E-state index in [-0.39, 0.29) is 18.3 Å². The van der Waals surface area contributed by atoms with Crippen molar-refractivity contribution < 1.29 is 9.18 Å². The van der Waals surface area contributed by atoms with Crippen LogP contribution in [0.15, 0.2) is 45.3 Å². The fourth-order valence-corrected chi connectivity index (χ4v) is 2.46. The summed E-state index contributed by atoms with van der Waals surface area (Å²) in [7, 11) is 0. The van der Waals surface area contributed by atoms with Crippen LogP contribution in [0.25, 0.3) is 0 Å². The van der Waals surface area contributed by atoms with Gasteiger partial charge in [-0.05, 0) is 48.4 Å². The van der Waals surface area contributed by atoms with Crippen molar-refractivity contribution in [2.24, 2.45) is 0 Å². The van der Waals surface area contributed by atoms with Crippen molar-refractivity contribution in [3.8, 4) is 0 Å². The summed E-state index contributed by atoms with van der Waals surface area (Å²) in [4.78, 5) is 12.0. The zero-order valence-corrected chi connectivity index (χ0v) is 13.9. The minimum absolute atomic E-state index is 0.193. The van der Waals surface area contributed by atoms with Gasteiger partial charge in [0, 0.05) is 21.1 Å². The first-order valence-electron chi connectivity index (χ1n) is 5.95. The number of carbonyl (C=O) groups excluding carboxylic acids is 1. The van der Waals surface area contributed by atoms with Crippen LogP contribution in [-0.4, -0.2) is 5.91 Å². The molecule has 0 saturated carbocycles. The molecule has 5 heteroatoms. The number of amides is 1. The summed E-state index contributed by atoms with van der Waals surface area (Å²) in [6.07, 6.45) is 0. The van der Waals surface area contributed by atoms with Crippen LogP contribution in [0, 0.1) is 12.7 Å². The Hall–Kier alpha value is -1.20. The summed E-state index contributed by atoms with van der Waals surface area (Å²) >= 11 is 6.73. The smallest absolute Gasteiger partial charge is 0.251 e. The SMILES string of the molecule is Cc1ccc(C(=O)NCc2cc(F)ccc2Br)cc1Br. The lowest BCUT2D eigenvalue weighted by Crippen LogP contribution is -2.23. The zero-order valence-electron chi connectivity index (χ0n) is 10.7. The molecule has 0 saturated heterocycles. The molecular formula is C15H12Br2FNO. The Morgan fingerprint density at radius 1 is 1.15 bits per heavy atom. The van der Waals surface area contributed by atoms with Crippen molar-refractivity contribution in [3.05, 3.63) is 67.9 Å². The van der Waals surface area contributed by atoms with Gasteiger partial charge >= 0.3 is 0 Å². The average Bonchev–Trinajstić information content (AvgIpc) is 2.42. The van der Waals surface area contributed by atoms with Crippen molar-refractivity contribution in [2.45, 2.75) is 13.5 Å². The molecule has 0 unspecified atom stereocenters. The maximum Gasteiger partial charge on any atom is 0.251 e. The molecule has 0 aliphatic heterocycles. The van der Waals surface area contributed by atoms with Crippen LogP contribution in [-0.2, 0) is 6.54 Å². The maximum absolute atomic E-state index is 13.2. The molecule has 0 aromatic heterocycles. The van der Waals surface area contributed by atoms with Gasteiger partial charge in [0.1, 0.15) is 5.82 Å². The van der Waals surface area contributed by atoms with Crippen LogP contribution in [0.3, 0.4) is 0 Å². The molecule has 2 nitrogen and oxygen atoms in total. The molecule has 0 spiro atoms. The molecule has 2 aromatic carbocycles. The van der Waals surface area contributed by atoms with Crippen LogP contribution >= 0.6 is 31.9 Å². The lowest BCUT2D eigenvalue weighted by Gasteiger charge is -2.08. The van der Waals surface area contributed by atoms with E-state index in [4.69, 9.17) is 0 Å². The van der Waals surface area contributed by atoms with Crippen molar-refractivity contribution in [1.29, 1.82) is 0 Å². The summed E-state index contributed by atoms with van der Waals surface area (Å²) in [5.41, 5.74) is 2.33. The lowest BCUT2D eigenvalue weighted by molar-refractivity contribution is 0.0950. The van der Waals surface area contributed by atoms with Gasteiger partial charge in [0.2, 0.25) is 0 Å². The second-order valence-corrected chi connectivity index (χ2v) is 6.09. The van der Waals surface area contributed by atoms with Crippen molar-refractivity contribution >= 4 is 37.8 Å². The van der Waals surface area contributed by atoms with Crippen molar-refractivity contribution in [3.63, 3.8) is 0 Å². The van der Waals surface area contributed by atoms with E-state index in [1.807, 2.05) is 13.0 Å². The Bertz CT molecular complexity index is 658. The minimum atomic E-state index is -0.324. The van der Waals surface area contributed by atoms with E-state index in [2.05, 4.69) is 37.2 Å². The highest BCUT2D eigenvalue weighted by molar-refractivity contribution is 9.10. The van der Waals surface area contributed by atoms with Crippen LogP contribution in [0.1, 0.15) is 21.5 Å². The Morgan fingerprint density at radius 3 is 2.60 bits per heavy atom. The van der Waals surface area contributed by atoms with Gasteiger partial charge in [-0.15, -0.1) is 0 Å². The third kappa shape index (κ3) is 3.67. The second kappa shape index (κ2) is 6.50. The number of hydrogen-bond donors (Lipinski definition) is 1. The number of aryl methyl sites for hydroxylation is 1. The van der Waals surface area contributed by atoms with Gasteiger partial charge in [-0.1, -0.05) is 37.9 Å². The standard InChI is InChI=1S/C15H12Br2FNO/c1-9-2-3-10(7-14(9)17)15(20)19-8-11-6-12(18)4-5-13(11)16/h2-7H,8H2,1H3,(H,19,20). The van der Waals surface area contributed by atoms with Crippen LogP contribution < -0.4 is 5.32 Å². The van der Waals surface area contributed by atoms with Gasteiger partial charge in [-0.25, -0.2) is 4.39 Å². The number of hydrogen-bond acceptors (Lipinski definition) is 1. The van der Waals surface area contributed by atoms with Crippen LogP contribution in [0.5, 0.6) is 0 Å². The van der Waals surface area contributed by atoms with E-state index in [1.54, 1.807) is 18.2 Å². The molecule has 0 aliphatic carbocycles. The fraction of sp³-hybridized carbons (Fsp3) is 0.133. The van der Waals surface area contributed by atoms with E-state index in [0.717, 1.165) is 14.5 Å². The molecule has 1 amide bonds. The third-order valence-electron chi connectivity index (χ3n) is 2.88. The normalized spacial score (nSPS) is 10.4. The van der Waals surface area contributed by atoms with Gasteiger partial charge in [0.05, 0.1) is 0 Å². The monoisotopic (exact) mass is 399 g/mol. The Morgan fingerprint density at radius 2 is 1.90 bits per heavy atom. The van der Waals surface area contributed by atoms with Crippen molar-refractivity contribution in [1.82, 2.24) is 5.32 Å². The molecule has 0 aliphatic rings. The zero-order chi connectivity index (χ0) is 14.7. The highest BCUT2D eigenvalue weighted by Crippen LogP contribution is 2.19. The van der Waals surface area contributed by atoms with E-state index < -0.39 is 0 Å². The predicted molar refractivity (Wildman–Crippen MR) is 84.1 cm³/mol. The second-order valence-electron chi connectivity index (χ2n) is 4.38. The molecule has 0 fully saturated rings. The third-order valence-corrected chi connectivity index (χ3v) is 4.51. The van der Waals surface area contributed by atoms with Gasteiger partial charge < -0.3 is 5.32 Å². The maximum atomic E-state index is 13.2. The molecule has 0 atom stereocenters. The first kappa shape index (κ1) is 15.2. The Balaban J connectivity index is 2.08. The Labute approximate surface area is 133 Å². The number of halogens is 3.